The summed E-state index contributed by atoms with van der Waals surface area (Å²) in [5, 5.41) is 10.0. The highest BCUT2D eigenvalue weighted by Gasteiger charge is 2.54. The topological polar surface area (TPSA) is 75.6 Å². The second kappa shape index (κ2) is 7.11. The number of phenolic OH excluding ortho intramolecular Hbond substituents is 1. The lowest BCUT2D eigenvalue weighted by atomic mass is 9.52. The zero-order chi connectivity index (χ0) is 20.9. The minimum Gasteiger partial charge on any atom is -0.508 e. The molecule has 6 heteroatoms. The van der Waals surface area contributed by atoms with Gasteiger partial charge in [-0.2, -0.15) is 0 Å². The Kier molecular flexibility index (Phi) is 5.00. The number of hydrogen-bond acceptors (Lipinski definition) is 4. The van der Waals surface area contributed by atoms with Gasteiger partial charge in [-0.3, -0.25) is 0 Å². The normalized spacial score (nSPS) is 28.7. The van der Waals surface area contributed by atoms with E-state index in [9.17, 15) is 13.5 Å². The minimum absolute atomic E-state index is 0.101. The summed E-state index contributed by atoms with van der Waals surface area (Å²) in [5.74, 6) is 0.284. The summed E-state index contributed by atoms with van der Waals surface area (Å²) in [5.41, 5.74) is 2.97. The number of sulfonamides is 1. The van der Waals surface area contributed by atoms with Crippen LogP contribution in [0.4, 0.5) is 0 Å². The van der Waals surface area contributed by atoms with Crippen LogP contribution in [0, 0.1) is 12.3 Å². The Morgan fingerprint density at radius 2 is 1.93 bits per heavy atom. The molecule has 2 aliphatic carbocycles. The number of benzene rings is 2. The van der Waals surface area contributed by atoms with Crippen molar-refractivity contribution < 1.29 is 18.3 Å². The van der Waals surface area contributed by atoms with Crippen molar-refractivity contribution in [3.63, 3.8) is 0 Å². The van der Waals surface area contributed by atoms with Crippen LogP contribution in [0.2, 0.25) is 0 Å². The van der Waals surface area contributed by atoms with Crippen molar-refractivity contribution in [1.82, 2.24) is 4.72 Å². The predicted molar refractivity (Wildman–Crippen MR) is 113 cm³/mol. The zero-order valence-corrected chi connectivity index (χ0v) is 18.1. The molecule has 0 saturated heterocycles. The molecule has 2 bridgehead atoms. The Balaban J connectivity index is 1.71. The van der Waals surface area contributed by atoms with E-state index in [-0.39, 0.29) is 22.6 Å². The standard InChI is InChI=1S/C23H29NO4S/c1-16-4-8-19(9-5-16)29(26,27)24-21-10-11-22(2)14-23(21,15-28-3)13-17-6-7-18(25)12-20(17)22/h4-9,12,21,24-25H,10-11,13-15H2,1-3H3/t21-,22-,23-/m1/s1. The summed E-state index contributed by atoms with van der Waals surface area (Å²) in [6, 6.07) is 12.3. The first-order valence-electron chi connectivity index (χ1n) is 10.1. The molecule has 2 aliphatic rings. The van der Waals surface area contributed by atoms with E-state index in [0.717, 1.165) is 31.2 Å². The van der Waals surface area contributed by atoms with Gasteiger partial charge >= 0.3 is 0 Å². The molecule has 2 aromatic carbocycles. The summed E-state index contributed by atoms with van der Waals surface area (Å²) in [6.07, 6.45) is 3.15. The van der Waals surface area contributed by atoms with Crippen LogP contribution >= 0.6 is 0 Å². The largest absolute Gasteiger partial charge is 0.508 e. The third kappa shape index (κ3) is 3.58. The number of aryl methyl sites for hydroxylation is 1. The molecule has 4 rings (SSSR count). The van der Waals surface area contributed by atoms with Gasteiger partial charge in [0.05, 0.1) is 11.5 Å². The maximum atomic E-state index is 13.1. The highest BCUT2D eigenvalue weighted by Crippen LogP contribution is 2.55. The molecule has 0 heterocycles. The molecular weight excluding hydrogens is 386 g/mol. The first kappa shape index (κ1) is 20.4. The Bertz CT molecular complexity index is 1020. The van der Waals surface area contributed by atoms with Crippen LogP contribution in [0.15, 0.2) is 47.4 Å². The molecule has 0 unspecified atom stereocenters. The van der Waals surface area contributed by atoms with Crippen LogP contribution in [0.5, 0.6) is 5.75 Å². The number of phenols is 1. The number of ether oxygens (including phenoxy) is 1. The highest BCUT2D eigenvalue weighted by atomic mass is 32.2. The van der Waals surface area contributed by atoms with Gasteiger partial charge in [0.1, 0.15) is 5.75 Å². The lowest BCUT2D eigenvalue weighted by Gasteiger charge is -2.55. The van der Waals surface area contributed by atoms with Crippen molar-refractivity contribution in [3.8, 4) is 5.75 Å². The van der Waals surface area contributed by atoms with Crippen molar-refractivity contribution in [2.75, 3.05) is 13.7 Å². The van der Waals surface area contributed by atoms with Crippen LogP contribution in [0.3, 0.4) is 0 Å². The predicted octanol–water partition coefficient (Wildman–Crippen LogP) is 3.68. The molecule has 0 spiro atoms. The molecular formula is C23H29NO4S. The minimum atomic E-state index is -3.62. The number of hydrogen-bond donors (Lipinski definition) is 2. The number of fused-ring (bicyclic) bond motifs is 4. The summed E-state index contributed by atoms with van der Waals surface area (Å²) < 4.78 is 34.8. The molecule has 29 heavy (non-hydrogen) atoms. The number of aromatic hydroxyl groups is 1. The van der Waals surface area contributed by atoms with E-state index in [2.05, 4.69) is 11.6 Å². The number of nitrogens with one attached hydrogen (secondary N) is 1. The van der Waals surface area contributed by atoms with Crippen molar-refractivity contribution in [1.29, 1.82) is 0 Å². The molecule has 0 aromatic heterocycles. The van der Waals surface area contributed by atoms with Crippen LogP contribution in [0.1, 0.15) is 42.9 Å². The summed E-state index contributed by atoms with van der Waals surface area (Å²) in [6.45, 7) is 4.65. The molecule has 0 amide bonds. The van der Waals surface area contributed by atoms with Gasteiger partial charge in [0.25, 0.3) is 0 Å². The van der Waals surface area contributed by atoms with Gasteiger partial charge in [-0.1, -0.05) is 30.7 Å². The van der Waals surface area contributed by atoms with Gasteiger partial charge in [0.15, 0.2) is 0 Å². The lowest BCUT2D eigenvalue weighted by molar-refractivity contribution is -0.00776. The lowest BCUT2D eigenvalue weighted by Crippen LogP contribution is -2.59. The fourth-order valence-electron chi connectivity index (χ4n) is 5.48. The fourth-order valence-corrected chi connectivity index (χ4v) is 6.85. The third-order valence-corrected chi connectivity index (χ3v) is 8.30. The highest BCUT2D eigenvalue weighted by molar-refractivity contribution is 7.89. The van der Waals surface area contributed by atoms with Crippen molar-refractivity contribution >= 4 is 10.0 Å². The molecule has 0 radical (unpaired) electrons. The van der Waals surface area contributed by atoms with Crippen LogP contribution in [0.25, 0.3) is 0 Å². The van der Waals surface area contributed by atoms with E-state index in [1.165, 1.54) is 11.1 Å². The third-order valence-electron chi connectivity index (χ3n) is 6.81. The second-order valence-electron chi connectivity index (χ2n) is 9.08. The first-order valence-corrected chi connectivity index (χ1v) is 11.6. The summed E-state index contributed by atoms with van der Waals surface area (Å²) >= 11 is 0. The molecule has 1 saturated carbocycles. The summed E-state index contributed by atoms with van der Waals surface area (Å²) in [7, 11) is -1.94. The quantitative estimate of drug-likeness (QED) is 0.781. The van der Waals surface area contributed by atoms with E-state index in [1.807, 2.05) is 31.2 Å². The van der Waals surface area contributed by atoms with E-state index in [1.54, 1.807) is 25.3 Å². The van der Waals surface area contributed by atoms with Gasteiger partial charge in [0, 0.05) is 18.6 Å². The Labute approximate surface area is 173 Å². The average molecular weight is 416 g/mol. The van der Waals surface area contributed by atoms with E-state index in [4.69, 9.17) is 4.74 Å². The Hall–Kier alpha value is -1.89. The first-order chi connectivity index (χ1) is 13.7. The maximum Gasteiger partial charge on any atom is 0.240 e. The van der Waals surface area contributed by atoms with Crippen molar-refractivity contribution in [2.45, 2.75) is 55.9 Å². The second-order valence-corrected chi connectivity index (χ2v) is 10.8. The van der Waals surface area contributed by atoms with Gasteiger partial charge in [-0.15, -0.1) is 0 Å². The fraction of sp³-hybridized carbons (Fsp3) is 0.478. The van der Waals surface area contributed by atoms with Crippen LogP contribution < -0.4 is 4.72 Å². The number of rotatable bonds is 5. The summed E-state index contributed by atoms with van der Waals surface area (Å²) in [4.78, 5) is 0.296. The van der Waals surface area contributed by atoms with Gasteiger partial charge in [-0.05, 0) is 73.4 Å². The van der Waals surface area contributed by atoms with E-state index in [0.29, 0.717) is 11.5 Å². The van der Waals surface area contributed by atoms with Gasteiger partial charge in [0.2, 0.25) is 10.0 Å². The average Bonchev–Trinajstić information content (AvgIpc) is 2.66. The Morgan fingerprint density at radius 1 is 1.21 bits per heavy atom. The monoisotopic (exact) mass is 415 g/mol. The SMILES string of the molecule is COC[C@]12Cc3ccc(O)cc3[C@](C)(CC[C@H]1NS(=O)(=O)c1ccc(C)cc1)C2. The van der Waals surface area contributed by atoms with Crippen molar-refractivity contribution in [3.05, 3.63) is 59.2 Å². The smallest absolute Gasteiger partial charge is 0.240 e. The molecule has 3 atom stereocenters. The van der Waals surface area contributed by atoms with E-state index >= 15 is 0 Å². The zero-order valence-electron chi connectivity index (χ0n) is 17.2. The maximum absolute atomic E-state index is 13.1. The van der Waals surface area contributed by atoms with Crippen molar-refractivity contribution in [2.24, 2.45) is 5.41 Å². The van der Waals surface area contributed by atoms with Gasteiger partial charge in [-0.25, -0.2) is 13.1 Å². The van der Waals surface area contributed by atoms with Gasteiger partial charge < -0.3 is 9.84 Å². The van der Waals surface area contributed by atoms with E-state index < -0.39 is 10.0 Å². The Morgan fingerprint density at radius 3 is 2.62 bits per heavy atom. The molecule has 2 aromatic rings. The van der Waals surface area contributed by atoms with Crippen LogP contribution in [-0.4, -0.2) is 33.3 Å². The number of methoxy groups -OCH3 is 1. The molecule has 156 valence electrons. The molecule has 2 N–H and O–H groups in total. The van der Waals surface area contributed by atoms with Crippen LogP contribution in [-0.2, 0) is 26.6 Å². The molecule has 1 fully saturated rings. The molecule has 5 nitrogen and oxygen atoms in total. The molecule has 0 aliphatic heterocycles.